The number of likely N-dealkylation sites (tertiary alicyclic amines) is 1. The monoisotopic (exact) mass is 475 g/mol. The maximum absolute atomic E-state index is 13.7. The lowest BCUT2D eigenvalue weighted by Crippen LogP contribution is -2.28. The van der Waals surface area contributed by atoms with Crippen LogP contribution in [0, 0.1) is 11.2 Å². The first-order valence-electron chi connectivity index (χ1n) is 12.3. The third-order valence-corrected chi connectivity index (χ3v) is 6.44. The number of nitrogens with one attached hydrogen (secondary N) is 3. The molecule has 2 aromatic heterocycles. The van der Waals surface area contributed by atoms with Crippen LogP contribution < -0.4 is 5.32 Å². The highest BCUT2D eigenvalue weighted by molar-refractivity contribution is 5.94. The number of hydrogen-bond acceptors (Lipinski definition) is 5. The molecule has 1 aromatic carbocycles. The van der Waals surface area contributed by atoms with Gasteiger partial charge in [-0.1, -0.05) is 32.0 Å². The number of likely N-dealkylation sites (N-methyl/N-ethyl adjacent to an activating group) is 1. The standard InChI is InChI=1S/C27H34FN7/c1-3-34(4-2)17-15-30-26-12-6-10-22(32-26)23-19-31-27(33-23)14-13-25(29)35-16-7-11-24(35)20-8-5-9-21(28)18-20/h5-6,8-10,12-14,18-19,24,29H,3-4,7,11,15-17H2,1-2H3,(H,30,32)(H,31,33)/b14-13-,29-25?. The highest BCUT2D eigenvalue weighted by Crippen LogP contribution is 2.32. The molecule has 1 aliphatic rings. The van der Waals surface area contributed by atoms with Crippen LogP contribution in [0.2, 0.25) is 0 Å². The fourth-order valence-corrected chi connectivity index (χ4v) is 4.49. The quantitative estimate of drug-likeness (QED) is 0.278. The molecule has 7 nitrogen and oxygen atoms in total. The van der Waals surface area contributed by atoms with E-state index < -0.39 is 0 Å². The van der Waals surface area contributed by atoms with Crippen LogP contribution in [-0.4, -0.2) is 63.3 Å². The number of nitrogens with zero attached hydrogens (tertiary/aromatic N) is 4. The van der Waals surface area contributed by atoms with E-state index in [9.17, 15) is 4.39 Å². The van der Waals surface area contributed by atoms with Gasteiger partial charge >= 0.3 is 0 Å². The van der Waals surface area contributed by atoms with Gasteiger partial charge in [-0.05, 0) is 67.9 Å². The Balaban J connectivity index is 1.38. The number of aromatic amines is 1. The van der Waals surface area contributed by atoms with Gasteiger partial charge < -0.3 is 20.1 Å². The second-order valence-corrected chi connectivity index (χ2v) is 8.67. The van der Waals surface area contributed by atoms with Crippen LogP contribution in [-0.2, 0) is 0 Å². The minimum atomic E-state index is -0.240. The van der Waals surface area contributed by atoms with E-state index >= 15 is 0 Å². The molecule has 3 N–H and O–H groups in total. The number of H-pyrrole nitrogens is 1. The van der Waals surface area contributed by atoms with Crippen LogP contribution in [0.3, 0.4) is 0 Å². The Labute approximate surface area is 206 Å². The average Bonchev–Trinajstić information content (AvgIpc) is 3.56. The summed E-state index contributed by atoms with van der Waals surface area (Å²) >= 11 is 0. The predicted octanol–water partition coefficient (Wildman–Crippen LogP) is 5.19. The van der Waals surface area contributed by atoms with E-state index in [0.717, 1.165) is 68.3 Å². The lowest BCUT2D eigenvalue weighted by molar-refractivity contribution is 0.316. The molecule has 0 amide bonds. The van der Waals surface area contributed by atoms with Gasteiger partial charge in [-0.2, -0.15) is 0 Å². The SMILES string of the molecule is CCN(CC)CCNc1cccc(-c2cnc(/C=C\C(=N)N3CCCC3c3cccc(F)c3)[nH]2)n1. The number of anilines is 1. The molecule has 4 rings (SSSR count). The number of aromatic nitrogens is 3. The smallest absolute Gasteiger partial charge is 0.130 e. The van der Waals surface area contributed by atoms with Gasteiger partial charge in [0.1, 0.15) is 23.3 Å². The Hall–Kier alpha value is -3.52. The summed E-state index contributed by atoms with van der Waals surface area (Å²) in [7, 11) is 0. The molecule has 1 atom stereocenters. The van der Waals surface area contributed by atoms with Gasteiger partial charge in [-0.25, -0.2) is 14.4 Å². The Kier molecular flexibility index (Phi) is 8.26. The van der Waals surface area contributed by atoms with Crippen molar-refractivity contribution in [2.24, 2.45) is 0 Å². The highest BCUT2D eigenvalue weighted by Gasteiger charge is 2.27. The topological polar surface area (TPSA) is 83.9 Å². The lowest BCUT2D eigenvalue weighted by Gasteiger charge is -2.26. The van der Waals surface area contributed by atoms with E-state index in [2.05, 4.69) is 34.0 Å². The van der Waals surface area contributed by atoms with E-state index in [1.807, 2.05) is 29.2 Å². The molecule has 0 bridgehead atoms. The third kappa shape index (κ3) is 6.33. The summed E-state index contributed by atoms with van der Waals surface area (Å²) in [5.74, 6) is 1.65. The number of amidine groups is 1. The zero-order chi connectivity index (χ0) is 24.6. The molecule has 3 aromatic rings. The van der Waals surface area contributed by atoms with Gasteiger partial charge in [0.2, 0.25) is 0 Å². The molecule has 0 spiro atoms. The van der Waals surface area contributed by atoms with E-state index in [-0.39, 0.29) is 11.9 Å². The fraction of sp³-hybridized carbons (Fsp3) is 0.370. The third-order valence-electron chi connectivity index (χ3n) is 6.44. The number of halogens is 1. The zero-order valence-electron chi connectivity index (χ0n) is 20.5. The molecule has 1 aliphatic heterocycles. The largest absolute Gasteiger partial charge is 0.369 e. The molecule has 0 radical (unpaired) electrons. The van der Waals surface area contributed by atoms with Gasteiger partial charge in [0.15, 0.2) is 0 Å². The van der Waals surface area contributed by atoms with Crippen molar-refractivity contribution in [1.82, 2.24) is 24.8 Å². The van der Waals surface area contributed by atoms with E-state index in [1.165, 1.54) is 6.07 Å². The second-order valence-electron chi connectivity index (χ2n) is 8.67. The van der Waals surface area contributed by atoms with Gasteiger partial charge in [0.05, 0.1) is 23.6 Å². The summed E-state index contributed by atoms with van der Waals surface area (Å²) < 4.78 is 13.7. The average molecular weight is 476 g/mol. The number of hydrogen-bond donors (Lipinski definition) is 3. The molecule has 184 valence electrons. The molecular weight excluding hydrogens is 441 g/mol. The Morgan fingerprint density at radius 3 is 2.89 bits per heavy atom. The summed E-state index contributed by atoms with van der Waals surface area (Å²) in [6.07, 6.45) is 7.21. The molecule has 8 heteroatoms. The van der Waals surface area contributed by atoms with Crippen molar-refractivity contribution in [3.8, 4) is 11.4 Å². The Morgan fingerprint density at radius 1 is 1.26 bits per heavy atom. The first kappa shape index (κ1) is 24.6. The summed E-state index contributed by atoms with van der Waals surface area (Å²) in [4.78, 5) is 16.8. The highest BCUT2D eigenvalue weighted by atomic mass is 19.1. The van der Waals surface area contributed by atoms with E-state index in [4.69, 9.17) is 10.4 Å². The van der Waals surface area contributed by atoms with Crippen LogP contribution in [0.4, 0.5) is 10.2 Å². The molecule has 35 heavy (non-hydrogen) atoms. The molecule has 0 aliphatic carbocycles. The maximum atomic E-state index is 13.7. The molecule has 1 fully saturated rings. The number of imidazole rings is 1. The van der Waals surface area contributed by atoms with E-state index in [1.54, 1.807) is 30.5 Å². The lowest BCUT2D eigenvalue weighted by atomic mass is 10.0. The van der Waals surface area contributed by atoms with Crippen LogP contribution in [0.1, 0.15) is 44.1 Å². The van der Waals surface area contributed by atoms with Crippen molar-refractivity contribution >= 4 is 17.7 Å². The maximum Gasteiger partial charge on any atom is 0.130 e. The first-order valence-corrected chi connectivity index (χ1v) is 12.3. The number of pyridine rings is 1. The molecule has 1 saturated heterocycles. The molecule has 3 heterocycles. The summed E-state index contributed by atoms with van der Waals surface area (Å²) in [5, 5.41) is 12.0. The summed E-state index contributed by atoms with van der Waals surface area (Å²) in [6, 6.07) is 12.6. The minimum Gasteiger partial charge on any atom is -0.369 e. The first-order chi connectivity index (χ1) is 17.1. The fourth-order valence-electron chi connectivity index (χ4n) is 4.49. The van der Waals surface area contributed by atoms with Crippen molar-refractivity contribution in [2.75, 3.05) is 38.0 Å². The summed E-state index contributed by atoms with van der Waals surface area (Å²) in [6.45, 7) is 9.01. The Bertz CT molecular complexity index is 1150. The van der Waals surface area contributed by atoms with Crippen molar-refractivity contribution in [1.29, 1.82) is 5.41 Å². The number of benzene rings is 1. The van der Waals surface area contributed by atoms with Gasteiger partial charge in [0.25, 0.3) is 0 Å². The molecule has 1 unspecified atom stereocenters. The van der Waals surface area contributed by atoms with Crippen LogP contribution >= 0.6 is 0 Å². The normalized spacial score (nSPS) is 15.9. The zero-order valence-corrected chi connectivity index (χ0v) is 20.5. The van der Waals surface area contributed by atoms with Crippen molar-refractivity contribution in [2.45, 2.75) is 32.7 Å². The van der Waals surface area contributed by atoms with E-state index in [0.29, 0.717) is 11.7 Å². The van der Waals surface area contributed by atoms with Crippen molar-refractivity contribution in [3.63, 3.8) is 0 Å². The van der Waals surface area contributed by atoms with Crippen LogP contribution in [0.15, 0.2) is 54.7 Å². The van der Waals surface area contributed by atoms with Gasteiger partial charge in [0, 0.05) is 19.6 Å². The minimum absolute atomic E-state index is 0.0242. The van der Waals surface area contributed by atoms with Crippen LogP contribution in [0.25, 0.3) is 17.5 Å². The molecular formula is C27H34FN7. The van der Waals surface area contributed by atoms with Gasteiger partial charge in [-0.3, -0.25) is 5.41 Å². The van der Waals surface area contributed by atoms with Crippen LogP contribution in [0.5, 0.6) is 0 Å². The van der Waals surface area contributed by atoms with Crippen molar-refractivity contribution < 1.29 is 4.39 Å². The second kappa shape index (κ2) is 11.8. The molecule has 0 saturated carbocycles. The predicted molar refractivity (Wildman–Crippen MR) is 140 cm³/mol. The summed E-state index contributed by atoms with van der Waals surface area (Å²) in [5.41, 5.74) is 2.55. The Morgan fingerprint density at radius 2 is 2.09 bits per heavy atom. The van der Waals surface area contributed by atoms with Crippen molar-refractivity contribution in [3.05, 3.63) is 71.9 Å². The number of rotatable bonds is 10. The van der Waals surface area contributed by atoms with Gasteiger partial charge in [-0.15, -0.1) is 0 Å².